The number of aromatic hydroxyl groups is 1. The number of phenolic OH excluding ortho intramolecular Hbond substituents is 1. The average molecular weight is 228 g/mol. The zero-order valence-corrected chi connectivity index (χ0v) is 8.13. The summed E-state index contributed by atoms with van der Waals surface area (Å²) in [4.78, 5) is 0. The van der Waals surface area contributed by atoms with Gasteiger partial charge in [-0.2, -0.15) is 0 Å². The van der Waals surface area contributed by atoms with Crippen LogP contribution in [0.1, 0.15) is 5.56 Å². The fraction of sp³-hybridized carbons (Fsp3) is 0.111. The van der Waals surface area contributed by atoms with Gasteiger partial charge in [-0.3, -0.25) is 0 Å². The van der Waals surface area contributed by atoms with Gasteiger partial charge in [-0.15, -0.1) is 0 Å². The predicted octanol–water partition coefficient (Wildman–Crippen LogP) is 2.13. The smallest absolute Gasteiger partial charge is 0.123 e. The van der Waals surface area contributed by atoms with E-state index < -0.39 is 0 Å². The van der Waals surface area contributed by atoms with E-state index in [1.165, 1.54) is 0 Å². The lowest BCUT2D eigenvalue weighted by Crippen LogP contribution is -2.00. The van der Waals surface area contributed by atoms with Crippen LogP contribution in [0.25, 0.3) is 5.57 Å². The molecule has 0 aliphatic heterocycles. The lowest BCUT2D eigenvalue weighted by atomic mass is 10.1. The number of rotatable bonds is 2. The Labute approximate surface area is 79.8 Å². The molecule has 1 rings (SSSR count). The first-order valence-corrected chi connectivity index (χ1v) is 4.31. The van der Waals surface area contributed by atoms with Crippen LogP contribution in [0.4, 0.5) is 0 Å². The van der Waals surface area contributed by atoms with Crippen molar-refractivity contribution in [2.75, 3.05) is 6.54 Å². The number of hydrogen-bond donors (Lipinski definition) is 2. The van der Waals surface area contributed by atoms with Crippen LogP contribution < -0.4 is 5.73 Å². The molecule has 0 aliphatic rings. The van der Waals surface area contributed by atoms with Crippen molar-refractivity contribution < 1.29 is 5.11 Å². The van der Waals surface area contributed by atoms with Crippen LogP contribution in [0.5, 0.6) is 5.75 Å². The third-order valence-corrected chi connectivity index (χ3v) is 2.08. The SMILES string of the molecule is C=C(CN)c1cc(Br)ccc1O. The average Bonchev–Trinajstić information content (AvgIpc) is 2.08. The van der Waals surface area contributed by atoms with E-state index in [-0.39, 0.29) is 5.75 Å². The zero-order chi connectivity index (χ0) is 9.14. The Bertz CT molecular complexity index is 309. The van der Waals surface area contributed by atoms with E-state index in [0.717, 1.165) is 10.0 Å². The summed E-state index contributed by atoms with van der Waals surface area (Å²) in [6.07, 6.45) is 0. The maximum absolute atomic E-state index is 9.40. The van der Waals surface area contributed by atoms with Crippen molar-refractivity contribution in [2.45, 2.75) is 0 Å². The van der Waals surface area contributed by atoms with Crippen LogP contribution in [-0.2, 0) is 0 Å². The van der Waals surface area contributed by atoms with Crippen LogP contribution in [0.15, 0.2) is 29.3 Å². The molecular formula is C9H10BrNO. The second kappa shape index (κ2) is 3.74. The monoisotopic (exact) mass is 227 g/mol. The number of halogens is 1. The van der Waals surface area contributed by atoms with Crippen molar-refractivity contribution in [2.24, 2.45) is 5.73 Å². The van der Waals surface area contributed by atoms with Crippen molar-refractivity contribution >= 4 is 21.5 Å². The Morgan fingerprint density at radius 3 is 2.83 bits per heavy atom. The van der Waals surface area contributed by atoms with Gasteiger partial charge in [-0.25, -0.2) is 0 Å². The Hall–Kier alpha value is -0.800. The first kappa shape index (κ1) is 9.29. The van der Waals surface area contributed by atoms with E-state index in [4.69, 9.17) is 5.73 Å². The van der Waals surface area contributed by atoms with Gasteiger partial charge < -0.3 is 10.8 Å². The van der Waals surface area contributed by atoms with Gasteiger partial charge in [0, 0.05) is 16.6 Å². The number of nitrogens with two attached hydrogens (primary N) is 1. The van der Waals surface area contributed by atoms with Gasteiger partial charge in [-0.1, -0.05) is 22.5 Å². The molecule has 0 aliphatic carbocycles. The highest BCUT2D eigenvalue weighted by Crippen LogP contribution is 2.26. The maximum Gasteiger partial charge on any atom is 0.123 e. The van der Waals surface area contributed by atoms with Gasteiger partial charge in [0.25, 0.3) is 0 Å². The third-order valence-electron chi connectivity index (χ3n) is 1.59. The minimum atomic E-state index is 0.216. The molecular weight excluding hydrogens is 218 g/mol. The van der Waals surface area contributed by atoms with E-state index in [0.29, 0.717) is 12.1 Å². The molecule has 2 nitrogen and oxygen atoms in total. The summed E-state index contributed by atoms with van der Waals surface area (Å²) in [6.45, 7) is 4.09. The summed E-state index contributed by atoms with van der Waals surface area (Å²) in [5.74, 6) is 0.216. The molecule has 0 saturated carbocycles. The van der Waals surface area contributed by atoms with E-state index in [9.17, 15) is 5.11 Å². The first-order valence-electron chi connectivity index (χ1n) is 3.52. The molecule has 0 radical (unpaired) electrons. The highest BCUT2D eigenvalue weighted by atomic mass is 79.9. The van der Waals surface area contributed by atoms with Crippen LogP contribution in [-0.4, -0.2) is 11.7 Å². The van der Waals surface area contributed by atoms with Crippen LogP contribution in [0, 0.1) is 0 Å². The predicted molar refractivity (Wildman–Crippen MR) is 53.9 cm³/mol. The fourth-order valence-electron chi connectivity index (χ4n) is 0.901. The molecule has 12 heavy (non-hydrogen) atoms. The van der Waals surface area contributed by atoms with Crippen molar-refractivity contribution in [3.05, 3.63) is 34.8 Å². The van der Waals surface area contributed by atoms with Crippen LogP contribution >= 0.6 is 15.9 Å². The minimum Gasteiger partial charge on any atom is -0.507 e. The summed E-state index contributed by atoms with van der Waals surface area (Å²) >= 11 is 3.30. The molecule has 0 saturated heterocycles. The topological polar surface area (TPSA) is 46.2 Å². The molecule has 0 aromatic heterocycles. The highest BCUT2D eigenvalue weighted by molar-refractivity contribution is 9.10. The van der Waals surface area contributed by atoms with Crippen molar-refractivity contribution in [1.82, 2.24) is 0 Å². The zero-order valence-electron chi connectivity index (χ0n) is 6.55. The van der Waals surface area contributed by atoms with E-state index in [1.54, 1.807) is 18.2 Å². The summed E-state index contributed by atoms with van der Waals surface area (Å²) in [6, 6.07) is 5.17. The Kier molecular flexibility index (Phi) is 2.89. The summed E-state index contributed by atoms with van der Waals surface area (Å²) in [7, 11) is 0. The molecule has 0 heterocycles. The molecule has 0 fully saturated rings. The second-order valence-electron chi connectivity index (χ2n) is 2.47. The summed E-state index contributed by atoms with van der Waals surface area (Å²) in [5.41, 5.74) is 6.83. The summed E-state index contributed by atoms with van der Waals surface area (Å²) in [5, 5.41) is 9.40. The molecule has 0 atom stereocenters. The Morgan fingerprint density at radius 1 is 1.58 bits per heavy atom. The molecule has 3 heteroatoms. The van der Waals surface area contributed by atoms with E-state index >= 15 is 0 Å². The third kappa shape index (κ3) is 1.87. The molecule has 0 spiro atoms. The molecule has 0 unspecified atom stereocenters. The van der Waals surface area contributed by atoms with E-state index in [1.807, 2.05) is 0 Å². The quantitative estimate of drug-likeness (QED) is 0.814. The van der Waals surface area contributed by atoms with Crippen molar-refractivity contribution in [3.63, 3.8) is 0 Å². The van der Waals surface area contributed by atoms with Gasteiger partial charge in [-0.05, 0) is 23.8 Å². The Balaban J connectivity index is 3.13. The second-order valence-corrected chi connectivity index (χ2v) is 3.38. The van der Waals surface area contributed by atoms with Gasteiger partial charge >= 0.3 is 0 Å². The van der Waals surface area contributed by atoms with Gasteiger partial charge in [0.15, 0.2) is 0 Å². The fourth-order valence-corrected chi connectivity index (χ4v) is 1.26. The first-order chi connectivity index (χ1) is 5.65. The lowest BCUT2D eigenvalue weighted by Gasteiger charge is -2.05. The molecule has 1 aromatic rings. The molecule has 3 N–H and O–H groups in total. The molecule has 64 valence electrons. The van der Waals surface area contributed by atoms with Gasteiger partial charge in [0.1, 0.15) is 5.75 Å². The minimum absolute atomic E-state index is 0.216. The number of hydrogen-bond acceptors (Lipinski definition) is 2. The molecule has 1 aromatic carbocycles. The normalized spacial score (nSPS) is 9.83. The summed E-state index contributed by atoms with van der Waals surface area (Å²) < 4.78 is 0.907. The van der Waals surface area contributed by atoms with Crippen LogP contribution in [0.3, 0.4) is 0 Å². The lowest BCUT2D eigenvalue weighted by molar-refractivity contribution is 0.473. The number of phenols is 1. The highest BCUT2D eigenvalue weighted by Gasteiger charge is 2.03. The molecule has 0 bridgehead atoms. The molecule has 0 amide bonds. The van der Waals surface area contributed by atoms with Crippen molar-refractivity contribution in [1.29, 1.82) is 0 Å². The number of benzene rings is 1. The maximum atomic E-state index is 9.40. The standard InChI is InChI=1S/C9H10BrNO/c1-6(5-11)8-4-7(10)2-3-9(8)12/h2-4,12H,1,5,11H2. The van der Waals surface area contributed by atoms with Gasteiger partial charge in [0.2, 0.25) is 0 Å². The van der Waals surface area contributed by atoms with E-state index in [2.05, 4.69) is 22.5 Å². The van der Waals surface area contributed by atoms with Crippen LogP contribution in [0.2, 0.25) is 0 Å². The van der Waals surface area contributed by atoms with Gasteiger partial charge in [0.05, 0.1) is 0 Å². The largest absolute Gasteiger partial charge is 0.507 e. The Morgan fingerprint density at radius 2 is 2.25 bits per heavy atom. The van der Waals surface area contributed by atoms with Crippen molar-refractivity contribution in [3.8, 4) is 5.75 Å².